The van der Waals surface area contributed by atoms with Gasteiger partial charge in [-0.15, -0.1) is 0 Å². The molecule has 0 bridgehead atoms. The smallest absolute Gasteiger partial charge is 0.240 e. The predicted octanol–water partition coefficient (Wildman–Crippen LogP) is 2.12. The molecule has 1 aliphatic carbocycles. The summed E-state index contributed by atoms with van der Waals surface area (Å²) in [4.78, 5) is 6.81. The van der Waals surface area contributed by atoms with E-state index in [2.05, 4.69) is 20.4 Å². The average molecular weight is 278 g/mol. The Bertz CT molecular complexity index is 414. The van der Waals surface area contributed by atoms with Gasteiger partial charge in [0.25, 0.3) is 0 Å². The summed E-state index contributed by atoms with van der Waals surface area (Å²) in [6.07, 6.45) is 8.23. The first kappa shape index (κ1) is 14.0. The molecule has 1 unspecified atom stereocenters. The van der Waals surface area contributed by atoms with E-state index in [1.54, 1.807) is 0 Å². The van der Waals surface area contributed by atoms with E-state index >= 15 is 0 Å². The molecule has 1 saturated heterocycles. The van der Waals surface area contributed by atoms with Crippen molar-refractivity contribution in [1.82, 2.24) is 20.4 Å². The molecule has 0 radical (unpaired) electrons. The van der Waals surface area contributed by atoms with Crippen molar-refractivity contribution in [2.45, 2.75) is 58.0 Å². The lowest BCUT2D eigenvalue weighted by molar-refractivity contribution is 0.184. The lowest BCUT2D eigenvalue weighted by atomic mass is 9.83. The van der Waals surface area contributed by atoms with E-state index in [0.29, 0.717) is 6.04 Å². The number of aromatic nitrogens is 2. The molecule has 0 aromatic carbocycles. The van der Waals surface area contributed by atoms with E-state index in [1.165, 1.54) is 38.5 Å². The van der Waals surface area contributed by atoms with Crippen LogP contribution in [0.25, 0.3) is 0 Å². The van der Waals surface area contributed by atoms with Crippen molar-refractivity contribution in [2.75, 3.05) is 19.6 Å². The molecule has 2 heterocycles. The maximum Gasteiger partial charge on any atom is 0.240 e. The molecule has 1 aromatic rings. The highest BCUT2D eigenvalue weighted by atomic mass is 16.5. The molecular weight excluding hydrogens is 252 g/mol. The van der Waals surface area contributed by atoms with Crippen LogP contribution in [0.1, 0.15) is 50.2 Å². The van der Waals surface area contributed by atoms with Gasteiger partial charge in [0.2, 0.25) is 5.89 Å². The molecule has 1 aromatic heterocycles. The van der Waals surface area contributed by atoms with Crippen LogP contribution in [0.3, 0.4) is 0 Å². The first-order valence-electron chi connectivity index (χ1n) is 8.06. The van der Waals surface area contributed by atoms with Gasteiger partial charge in [-0.2, -0.15) is 4.98 Å². The van der Waals surface area contributed by atoms with Crippen LogP contribution in [0.5, 0.6) is 0 Å². The summed E-state index contributed by atoms with van der Waals surface area (Å²) in [6, 6.07) is 0.641. The molecule has 1 aliphatic heterocycles. The lowest BCUT2D eigenvalue weighted by Gasteiger charge is -2.32. The number of nitrogens with one attached hydrogen (secondary N) is 1. The van der Waals surface area contributed by atoms with E-state index in [4.69, 9.17) is 4.52 Å². The molecule has 1 atom stereocenters. The molecule has 20 heavy (non-hydrogen) atoms. The molecule has 2 aliphatic rings. The summed E-state index contributed by atoms with van der Waals surface area (Å²) < 4.78 is 5.27. The average Bonchev–Trinajstić information content (AvgIpc) is 2.74. The second-order valence-corrected chi connectivity index (χ2v) is 6.28. The molecule has 0 amide bonds. The van der Waals surface area contributed by atoms with Gasteiger partial charge in [-0.1, -0.05) is 24.4 Å². The maximum absolute atomic E-state index is 5.27. The highest BCUT2D eigenvalue weighted by Gasteiger charge is 2.27. The third kappa shape index (κ3) is 3.58. The minimum atomic E-state index is 0.641. The summed E-state index contributed by atoms with van der Waals surface area (Å²) >= 11 is 0. The third-order valence-corrected chi connectivity index (χ3v) is 4.66. The quantitative estimate of drug-likeness (QED) is 0.918. The first-order chi connectivity index (χ1) is 9.81. The number of rotatable bonds is 3. The molecule has 1 N–H and O–H groups in total. The van der Waals surface area contributed by atoms with E-state index in [9.17, 15) is 0 Å². The van der Waals surface area contributed by atoms with Crippen LogP contribution >= 0.6 is 0 Å². The summed E-state index contributed by atoms with van der Waals surface area (Å²) in [5, 5.41) is 7.65. The van der Waals surface area contributed by atoms with Gasteiger partial charge in [-0.3, -0.25) is 4.90 Å². The highest BCUT2D eigenvalue weighted by Crippen LogP contribution is 2.27. The molecule has 0 spiro atoms. The topological polar surface area (TPSA) is 54.2 Å². The number of hydrogen-bond donors (Lipinski definition) is 1. The normalized spacial score (nSPS) is 26.6. The van der Waals surface area contributed by atoms with Crippen molar-refractivity contribution in [3.63, 3.8) is 0 Å². The first-order valence-corrected chi connectivity index (χ1v) is 8.06. The lowest BCUT2D eigenvalue weighted by Crippen LogP contribution is -2.43. The Morgan fingerprint density at radius 1 is 1.25 bits per heavy atom. The van der Waals surface area contributed by atoms with Crippen LogP contribution < -0.4 is 5.32 Å². The van der Waals surface area contributed by atoms with Crippen molar-refractivity contribution in [3.05, 3.63) is 11.7 Å². The zero-order chi connectivity index (χ0) is 13.8. The van der Waals surface area contributed by atoms with Gasteiger partial charge in [-0.05, 0) is 45.2 Å². The summed E-state index contributed by atoms with van der Waals surface area (Å²) in [5.41, 5.74) is 0. The predicted molar refractivity (Wildman–Crippen MR) is 77.3 cm³/mol. The van der Waals surface area contributed by atoms with Gasteiger partial charge in [-0.25, -0.2) is 0 Å². The fraction of sp³-hybridized carbons (Fsp3) is 0.867. The van der Waals surface area contributed by atoms with Crippen LogP contribution in [-0.4, -0.2) is 40.7 Å². The Balaban J connectivity index is 1.59. The molecule has 2 fully saturated rings. The Labute approximate surface area is 121 Å². The fourth-order valence-electron chi connectivity index (χ4n) is 3.62. The van der Waals surface area contributed by atoms with Crippen molar-refractivity contribution >= 4 is 0 Å². The molecule has 5 nitrogen and oxygen atoms in total. The molecule has 112 valence electrons. The minimum Gasteiger partial charge on any atom is -0.338 e. The maximum atomic E-state index is 5.27. The van der Waals surface area contributed by atoms with Crippen molar-refractivity contribution in [3.8, 4) is 0 Å². The van der Waals surface area contributed by atoms with Crippen molar-refractivity contribution in [1.29, 1.82) is 0 Å². The van der Waals surface area contributed by atoms with Crippen LogP contribution in [0, 0.1) is 12.8 Å². The van der Waals surface area contributed by atoms with Crippen LogP contribution in [0.2, 0.25) is 0 Å². The zero-order valence-electron chi connectivity index (χ0n) is 12.5. The Morgan fingerprint density at radius 2 is 2.10 bits per heavy atom. The van der Waals surface area contributed by atoms with E-state index < -0.39 is 0 Å². The number of hydrogen-bond acceptors (Lipinski definition) is 5. The Kier molecular flexibility index (Phi) is 4.68. The monoisotopic (exact) mass is 278 g/mol. The van der Waals surface area contributed by atoms with Gasteiger partial charge in [0.15, 0.2) is 5.82 Å². The molecule has 3 rings (SSSR count). The Hall–Kier alpha value is -0.940. The summed E-state index contributed by atoms with van der Waals surface area (Å²) in [6.45, 7) is 6.05. The van der Waals surface area contributed by atoms with Gasteiger partial charge in [0.05, 0.1) is 6.54 Å². The van der Waals surface area contributed by atoms with Crippen LogP contribution in [0.15, 0.2) is 4.52 Å². The van der Waals surface area contributed by atoms with E-state index in [-0.39, 0.29) is 0 Å². The molecule has 5 heteroatoms. The summed E-state index contributed by atoms with van der Waals surface area (Å²) in [7, 11) is 0. The van der Waals surface area contributed by atoms with Gasteiger partial charge >= 0.3 is 0 Å². The second-order valence-electron chi connectivity index (χ2n) is 6.28. The van der Waals surface area contributed by atoms with Gasteiger partial charge < -0.3 is 9.84 Å². The molecule has 1 saturated carbocycles. The standard InChI is InChI=1S/C15H26N4O/c1-12-17-15(20-18-12)11-19-9-5-8-16-14(10-19)13-6-3-2-4-7-13/h13-14,16H,2-11H2,1H3. The SMILES string of the molecule is Cc1noc(CN2CCCNC(C3CCCCC3)C2)n1. The van der Waals surface area contributed by atoms with Crippen LogP contribution in [0.4, 0.5) is 0 Å². The van der Waals surface area contributed by atoms with Gasteiger partial charge in [0, 0.05) is 12.6 Å². The van der Waals surface area contributed by atoms with Crippen molar-refractivity contribution < 1.29 is 4.52 Å². The number of aryl methyl sites for hydroxylation is 1. The summed E-state index contributed by atoms with van der Waals surface area (Å²) in [5.74, 6) is 2.34. The minimum absolute atomic E-state index is 0.641. The van der Waals surface area contributed by atoms with Crippen LogP contribution in [-0.2, 0) is 6.54 Å². The number of nitrogens with zero attached hydrogens (tertiary/aromatic N) is 3. The third-order valence-electron chi connectivity index (χ3n) is 4.66. The molecular formula is C15H26N4O. The van der Waals surface area contributed by atoms with E-state index in [0.717, 1.165) is 43.8 Å². The van der Waals surface area contributed by atoms with Crippen molar-refractivity contribution in [2.24, 2.45) is 5.92 Å². The highest BCUT2D eigenvalue weighted by molar-refractivity contribution is 4.88. The zero-order valence-corrected chi connectivity index (χ0v) is 12.5. The largest absolute Gasteiger partial charge is 0.338 e. The Morgan fingerprint density at radius 3 is 2.85 bits per heavy atom. The van der Waals surface area contributed by atoms with Gasteiger partial charge in [0.1, 0.15) is 0 Å². The van der Waals surface area contributed by atoms with E-state index in [1.807, 2.05) is 6.92 Å². The second kappa shape index (κ2) is 6.68. The fourth-order valence-corrected chi connectivity index (χ4v) is 3.62.